The number of aromatic hydroxyl groups is 1. The van der Waals surface area contributed by atoms with Gasteiger partial charge in [-0.05, 0) is 93.2 Å². The van der Waals surface area contributed by atoms with Gasteiger partial charge in [0.25, 0.3) is 0 Å². The summed E-state index contributed by atoms with van der Waals surface area (Å²) in [6, 6.07) is 24.4. The lowest BCUT2D eigenvalue weighted by Gasteiger charge is -2.34. The summed E-state index contributed by atoms with van der Waals surface area (Å²) in [6.07, 6.45) is 6.31. The van der Waals surface area contributed by atoms with Gasteiger partial charge in [0.1, 0.15) is 17.2 Å². The van der Waals surface area contributed by atoms with Crippen molar-refractivity contribution in [2.45, 2.75) is 43.9 Å². The lowest BCUT2D eigenvalue weighted by molar-refractivity contribution is 0.248. The molecule has 0 radical (unpaired) electrons. The molecule has 0 aromatic heterocycles. The summed E-state index contributed by atoms with van der Waals surface area (Å²) < 4.78 is 12.1. The highest BCUT2D eigenvalue weighted by Gasteiger charge is 2.33. The molecule has 4 heteroatoms. The molecule has 0 bridgehead atoms. The third kappa shape index (κ3) is 5.39. The van der Waals surface area contributed by atoms with Crippen LogP contribution < -0.4 is 9.47 Å². The lowest BCUT2D eigenvalue weighted by atomic mass is 9.76. The standard InChI is InChI=1S/C30H35NO3/c32-25-13-16-29-27(21-25)30(28(22-34-29)23-9-3-1-4-10-23)24-11-14-26(15-12-24)33-20-8-2-5-17-31-18-6-7-19-31/h1,3-4,9-16,21,28,30,32H,2,5-8,17-20,22H2/t28-,30+/m1/s1. The van der Waals surface area contributed by atoms with Crippen molar-refractivity contribution >= 4 is 0 Å². The van der Waals surface area contributed by atoms with E-state index in [4.69, 9.17) is 9.47 Å². The molecular formula is C30H35NO3. The van der Waals surface area contributed by atoms with E-state index in [-0.39, 0.29) is 17.6 Å². The van der Waals surface area contributed by atoms with E-state index >= 15 is 0 Å². The van der Waals surface area contributed by atoms with Crippen LogP contribution in [0.3, 0.4) is 0 Å². The maximum Gasteiger partial charge on any atom is 0.123 e. The first-order valence-electron chi connectivity index (χ1n) is 12.7. The van der Waals surface area contributed by atoms with Crippen molar-refractivity contribution in [2.24, 2.45) is 0 Å². The minimum absolute atomic E-state index is 0.109. The van der Waals surface area contributed by atoms with Crippen molar-refractivity contribution in [3.8, 4) is 17.2 Å². The zero-order chi connectivity index (χ0) is 23.2. The highest BCUT2D eigenvalue weighted by Crippen LogP contribution is 2.47. The molecule has 1 N–H and O–H groups in total. The molecule has 2 atom stereocenters. The number of phenolic OH excluding ortho intramolecular Hbond substituents is 1. The molecule has 0 saturated carbocycles. The molecule has 1 saturated heterocycles. The first kappa shape index (κ1) is 22.8. The number of benzene rings is 3. The van der Waals surface area contributed by atoms with Gasteiger partial charge in [-0.15, -0.1) is 0 Å². The fourth-order valence-corrected chi connectivity index (χ4v) is 5.39. The number of fused-ring (bicyclic) bond motifs is 1. The fraction of sp³-hybridized carbons (Fsp3) is 0.400. The summed E-state index contributed by atoms with van der Waals surface area (Å²) in [7, 11) is 0. The van der Waals surface area contributed by atoms with Crippen LogP contribution in [0.4, 0.5) is 0 Å². The molecule has 0 spiro atoms. The first-order valence-corrected chi connectivity index (χ1v) is 12.7. The maximum absolute atomic E-state index is 10.2. The zero-order valence-electron chi connectivity index (χ0n) is 19.9. The quantitative estimate of drug-likeness (QED) is 0.381. The molecule has 5 rings (SSSR count). The van der Waals surface area contributed by atoms with E-state index in [9.17, 15) is 5.11 Å². The zero-order valence-corrected chi connectivity index (χ0v) is 19.9. The molecule has 2 aliphatic rings. The van der Waals surface area contributed by atoms with E-state index in [1.807, 2.05) is 18.2 Å². The normalized spacial score (nSPS) is 20.0. The van der Waals surface area contributed by atoms with Crippen LogP contribution in [0.2, 0.25) is 0 Å². The van der Waals surface area contributed by atoms with Crippen molar-refractivity contribution < 1.29 is 14.6 Å². The highest BCUT2D eigenvalue weighted by molar-refractivity contribution is 5.51. The Hall–Kier alpha value is -2.98. The molecule has 4 nitrogen and oxygen atoms in total. The largest absolute Gasteiger partial charge is 0.508 e. The molecule has 34 heavy (non-hydrogen) atoms. The predicted molar refractivity (Wildman–Crippen MR) is 136 cm³/mol. The number of rotatable bonds is 9. The van der Waals surface area contributed by atoms with Gasteiger partial charge in [-0.1, -0.05) is 42.5 Å². The van der Waals surface area contributed by atoms with E-state index in [2.05, 4.69) is 53.4 Å². The molecule has 0 aliphatic carbocycles. The number of nitrogens with zero attached hydrogens (tertiary/aromatic N) is 1. The van der Waals surface area contributed by atoms with E-state index in [1.54, 1.807) is 6.07 Å². The Balaban J connectivity index is 1.24. The molecule has 3 aromatic rings. The molecule has 0 unspecified atom stereocenters. The van der Waals surface area contributed by atoms with Crippen LogP contribution in [-0.4, -0.2) is 42.9 Å². The Morgan fingerprint density at radius 3 is 2.44 bits per heavy atom. The van der Waals surface area contributed by atoms with Crippen LogP contribution in [0.25, 0.3) is 0 Å². The van der Waals surface area contributed by atoms with Crippen LogP contribution in [0.15, 0.2) is 72.8 Å². The van der Waals surface area contributed by atoms with E-state index in [0.29, 0.717) is 6.61 Å². The van der Waals surface area contributed by atoms with Crippen molar-refractivity contribution in [3.63, 3.8) is 0 Å². The van der Waals surface area contributed by atoms with Gasteiger partial charge in [0.2, 0.25) is 0 Å². The second-order valence-corrected chi connectivity index (χ2v) is 9.55. The van der Waals surface area contributed by atoms with Crippen LogP contribution in [0.1, 0.15) is 60.6 Å². The summed E-state index contributed by atoms with van der Waals surface area (Å²) in [6.45, 7) is 5.18. The number of hydrogen-bond acceptors (Lipinski definition) is 4. The minimum atomic E-state index is 0.109. The minimum Gasteiger partial charge on any atom is -0.508 e. The molecule has 0 amide bonds. The highest BCUT2D eigenvalue weighted by atomic mass is 16.5. The van der Waals surface area contributed by atoms with E-state index < -0.39 is 0 Å². The van der Waals surface area contributed by atoms with Gasteiger partial charge in [-0.3, -0.25) is 0 Å². The molecule has 2 aliphatic heterocycles. The van der Waals surface area contributed by atoms with Gasteiger partial charge >= 0.3 is 0 Å². The topological polar surface area (TPSA) is 41.9 Å². The Morgan fingerprint density at radius 2 is 1.65 bits per heavy atom. The Labute approximate surface area is 203 Å². The van der Waals surface area contributed by atoms with Crippen LogP contribution >= 0.6 is 0 Å². The third-order valence-electron chi connectivity index (χ3n) is 7.20. The number of hydrogen-bond donors (Lipinski definition) is 1. The van der Waals surface area contributed by atoms with Crippen molar-refractivity contribution in [1.82, 2.24) is 4.90 Å². The third-order valence-corrected chi connectivity index (χ3v) is 7.20. The predicted octanol–water partition coefficient (Wildman–Crippen LogP) is 6.35. The Morgan fingerprint density at radius 1 is 0.853 bits per heavy atom. The SMILES string of the molecule is Oc1ccc2c(c1)[C@H](c1ccc(OCCCCCN3CCCC3)cc1)[C@@H](c1ccccc1)CO2. The van der Waals surface area contributed by atoms with Crippen LogP contribution in [0.5, 0.6) is 17.2 Å². The first-order chi connectivity index (χ1) is 16.8. The van der Waals surface area contributed by atoms with Gasteiger partial charge in [-0.25, -0.2) is 0 Å². The monoisotopic (exact) mass is 457 g/mol. The molecule has 178 valence electrons. The van der Waals surface area contributed by atoms with Gasteiger partial charge in [0.05, 0.1) is 13.2 Å². The lowest BCUT2D eigenvalue weighted by Crippen LogP contribution is -2.25. The molecule has 2 heterocycles. The Bertz CT molecular complexity index is 1040. The summed E-state index contributed by atoms with van der Waals surface area (Å²) in [5.41, 5.74) is 3.49. The molecule has 1 fully saturated rings. The van der Waals surface area contributed by atoms with E-state index in [1.165, 1.54) is 56.4 Å². The van der Waals surface area contributed by atoms with Crippen LogP contribution in [0, 0.1) is 0 Å². The van der Waals surface area contributed by atoms with Crippen molar-refractivity contribution in [2.75, 3.05) is 32.8 Å². The number of unbranched alkanes of at least 4 members (excludes halogenated alkanes) is 2. The second kappa shape index (κ2) is 11.0. The summed E-state index contributed by atoms with van der Waals surface area (Å²) in [4.78, 5) is 2.58. The van der Waals surface area contributed by atoms with Gasteiger partial charge in [0, 0.05) is 17.4 Å². The van der Waals surface area contributed by atoms with Crippen molar-refractivity contribution in [1.29, 1.82) is 0 Å². The summed E-state index contributed by atoms with van der Waals surface area (Å²) in [5, 5.41) is 10.2. The van der Waals surface area contributed by atoms with Gasteiger partial charge < -0.3 is 19.5 Å². The number of likely N-dealkylation sites (tertiary alicyclic amines) is 1. The average Bonchev–Trinajstić information content (AvgIpc) is 3.40. The smallest absolute Gasteiger partial charge is 0.123 e. The molecular weight excluding hydrogens is 422 g/mol. The summed E-state index contributed by atoms with van der Waals surface area (Å²) in [5.74, 6) is 2.33. The van der Waals surface area contributed by atoms with Gasteiger partial charge in [0.15, 0.2) is 0 Å². The van der Waals surface area contributed by atoms with Gasteiger partial charge in [-0.2, -0.15) is 0 Å². The number of phenols is 1. The number of ether oxygens (including phenoxy) is 2. The fourth-order valence-electron chi connectivity index (χ4n) is 5.39. The van der Waals surface area contributed by atoms with E-state index in [0.717, 1.165) is 30.1 Å². The summed E-state index contributed by atoms with van der Waals surface area (Å²) >= 11 is 0. The van der Waals surface area contributed by atoms with Crippen molar-refractivity contribution in [3.05, 3.63) is 89.5 Å². The second-order valence-electron chi connectivity index (χ2n) is 9.55. The molecule has 3 aromatic carbocycles. The maximum atomic E-state index is 10.2. The Kier molecular flexibility index (Phi) is 7.35. The van der Waals surface area contributed by atoms with Crippen LogP contribution in [-0.2, 0) is 0 Å². The average molecular weight is 458 g/mol.